The van der Waals surface area contributed by atoms with Crippen molar-refractivity contribution >= 4 is 0 Å². The highest BCUT2D eigenvalue weighted by Gasteiger charge is 2.33. The Morgan fingerprint density at radius 3 is 2.57 bits per heavy atom. The molecule has 0 aliphatic heterocycles. The number of rotatable bonds is 2. The maximum Gasteiger partial charge on any atom is -0.00984 e. The first-order chi connectivity index (χ1) is 6.38. The van der Waals surface area contributed by atoms with Crippen LogP contribution in [0.5, 0.6) is 0 Å². The summed E-state index contributed by atoms with van der Waals surface area (Å²) in [5.74, 6) is 1.22. The molecule has 0 bridgehead atoms. The van der Waals surface area contributed by atoms with E-state index in [4.69, 9.17) is 0 Å². The minimum atomic E-state index is 0.261. The zero-order valence-corrected chi connectivity index (χ0v) is 9.93. The molecule has 0 N–H and O–H groups in total. The smallest absolute Gasteiger partial charge is 0.00984 e. The van der Waals surface area contributed by atoms with Crippen LogP contribution in [0, 0.1) is 17.3 Å². The van der Waals surface area contributed by atoms with Gasteiger partial charge in [-0.15, -0.1) is 6.58 Å². The van der Waals surface area contributed by atoms with Crippen LogP contribution >= 0.6 is 0 Å². The molecule has 1 rings (SSSR count). The molecular formula is C14H22. The molecule has 0 aromatic heterocycles. The molecule has 0 saturated heterocycles. The summed E-state index contributed by atoms with van der Waals surface area (Å²) in [5.41, 5.74) is 2.91. The zero-order chi connectivity index (χ0) is 10.9. The first-order valence-electron chi connectivity index (χ1n) is 5.39. The van der Waals surface area contributed by atoms with Crippen molar-refractivity contribution in [2.24, 2.45) is 17.3 Å². The summed E-state index contributed by atoms with van der Waals surface area (Å²) in [6.45, 7) is 17.0. The van der Waals surface area contributed by atoms with Crippen LogP contribution in [0.15, 0.2) is 36.5 Å². The van der Waals surface area contributed by atoms with Crippen LogP contribution in [0.1, 0.15) is 34.1 Å². The maximum absolute atomic E-state index is 4.07. The molecule has 2 atom stereocenters. The summed E-state index contributed by atoms with van der Waals surface area (Å²) in [7, 11) is 0. The number of allylic oxidation sites excluding steroid dienone is 4. The van der Waals surface area contributed by atoms with E-state index in [1.165, 1.54) is 17.6 Å². The van der Waals surface area contributed by atoms with E-state index in [2.05, 4.69) is 53.0 Å². The second-order valence-corrected chi connectivity index (χ2v) is 5.21. The third-order valence-electron chi connectivity index (χ3n) is 3.34. The average molecular weight is 190 g/mol. The zero-order valence-electron chi connectivity index (χ0n) is 9.93. The van der Waals surface area contributed by atoms with Crippen LogP contribution < -0.4 is 0 Å². The molecule has 0 nitrogen and oxygen atoms in total. The molecule has 1 aliphatic carbocycles. The Morgan fingerprint density at radius 2 is 2.14 bits per heavy atom. The van der Waals surface area contributed by atoms with Crippen LogP contribution in [-0.4, -0.2) is 0 Å². The Labute approximate surface area is 88.4 Å². The molecule has 14 heavy (non-hydrogen) atoms. The molecular weight excluding hydrogens is 168 g/mol. The van der Waals surface area contributed by atoms with Gasteiger partial charge in [-0.05, 0) is 36.2 Å². The average Bonchev–Trinajstić information content (AvgIpc) is 2.07. The van der Waals surface area contributed by atoms with Crippen molar-refractivity contribution in [3.8, 4) is 0 Å². The van der Waals surface area contributed by atoms with Gasteiger partial charge < -0.3 is 0 Å². The Kier molecular flexibility index (Phi) is 3.04. The van der Waals surface area contributed by atoms with E-state index in [9.17, 15) is 0 Å². The molecule has 0 aromatic rings. The quantitative estimate of drug-likeness (QED) is 0.568. The summed E-state index contributed by atoms with van der Waals surface area (Å²) in [6, 6.07) is 0. The molecule has 0 aromatic carbocycles. The van der Waals surface area contributed by atoms with Gasteiger partial charge in [-0.25, -0.2) is 0 Å². The Balaban J connectivity index is 3.06. The van der Waals surface area contributed by atoms with Crippen molar-refractivity contribution in [3.63, 3.8) is 0 Å². The van der Waals surface area contributed by atoms with Crippen molar-refractivity contribution < 1.29 is 0 Å². The Bertz CT molecular complexity index is 278. The third kappa shape index (κ3) is 2.00. The van der Waals surface area contributed by atoms with E-state index >= 15 is 0 Å². The molecule has 0 heteroatoms. The fourth-order valence-electron chi connectivity index (χ4n) is 2.52. The van der Waals surface area contributed by atoms with E-state index < -0.39 is 0 Å². The fourth-order valence-corrected chi connectivity index (χ4v) is 2.52. The first-order valence-corrected chi connectivity index (χ1v) is 5.39. The van der Waals surface area contributed by atoms with Crippen LogP contribution in [0.2, 0.25) is 0 Å². The van der Waals surface area contributed by atoms with Crippen molar-refractivity contribution in [2.75, 3.05) is 0 Å². The Hall–Kier alpha value is -0.780. The molecule has 2 unspecified atom stereocenters. The second-order valence-electron chi connectivity index (χ2n) is 5.21. The molecule has 0 fully saturated rings. The van der Waals surface area contributed by atoms with E-state index in [1.807, 2.05) is 0 Å². The molecule has 0 radical (unpaired) electrons. The minimum Gasteiger partial charge on any atom is -0.103 e. The lowest BCUT2D eigenvalue weighted by molar-refractivity contribution is 0.290. The predicted octanol–water partition coefficient (Wildman–Crippen LogP) is 4.36. The summed E-state index contributed by atoms with van der Waals surface area (Å²) >= 11 is 0. The van der Waals surface area contributed by atoms with Crippen molar-refractivity contribution in [2.45, 2.75) is 34.1 Å². The van der Waals surface area contributed by atoms with Crippen LogP contribution in [-0.2, 0) is 0 Å². The van der Waals surface area contributed by atoms with E-state index in [0.717, 1.165) is 0 Å². The van der Waals surface area contributed by atoms with Gasteiger partial charge in [0.15, 0.2) is 0 Å². The third-order valence-corrected chi connectivity index (χ3v) is 3.34. The summed E-state index contributed by atoms with van der Waals surface area (Å²) < 4.78 is 0. The molecule has 0 spiro atoms. The lowest BCUT2D eigenvalue weighted by atomic mass is 9.66. The van der Waals surface area contributed by atoms with Gasteiger partial charge in [-0.2, -0.15) is 0 Å². The number of hydrogen-bond donors (Lipinski definition) is 0. The van der Waals surface area contributed by atoms with Crippen LogP contribution in [0.4, 0.5) is 0 Å². The lowest BCUT2D eigenvalue weighted by Gasteiger charge is -2.38. The highest BCUT2D eigenvalue weighted by atomic mass is 14.4. The second kappa shape index (κ2) is 3.76. The van der Waals surface area contributed by atoms with Gasteiger partial charge in [0, 0.05) is 0 Å². The molecule has 1 aliphatic rings. The largest absolute Gasteiger partial charge is 0.103 e. The van der Waals surface area contributed by atoms with Gasteiger partial charge >= 0.3 is 0 Å². The van der Waals surface area contributed by atoms with Crippen molar-refractivity contribution in [1.29, 1.82) is 0 Å². The molecule has 0 amide bonds. The predicted molar refractivity (Wildman–Crippen MR) is 64.1 cm³/mol. The van der Waals surface area contributed by atoms with Gasteiger partial charge in [0.1, 0.15) is 0 Å². The van der Waals surface area contributed by atoms with Crippen molar-refractivity contribution in [1.82, 2.24) is 0 Å². The molecule has 0 heterocycles. The fraction of sp³-hybridized carbons (Fsp3) is 0.571. The summed E-state index contributed by atoms with van der Waals surface area (Å²) in [5, 5.41) is 0. The van der Waals surface area contributed by atoms with E-state index in [0.29, 0.717) is 11.8 Å². The normalized spacial score (nSPS) is 30.7. The first kappa shape index (κ1) is 11.3. The summed E-state index contributed by atoms with van der Waals surface area (Å²) in [6.07, 6.45) is 5.66. The lowest BCUT2D eigenvalue weighted by Crippen LogP contribution is -2.27. The Morgan fingerprint density at radius 1 is 1.57 bits per heavy atom. The van der Waals surface area contributed by atoms with Crippen LogP contribution in [0.3, 0.4) is 0 Å². The van der Waals surface area contributed by atoms with Gasteiger partial charge in [-0.3, -0.25) is 0 Å². The van der Waals surface area contributed by atoms with Gasteiger partial charge in [0.05, 0.1) is 0 Å². The highest BCUT2D eigenvalue weighted by molar-refractivity contribution is 5.35. The van der Waals surface area contributed by atoms with Crippen molar-refractivity contribution in [3.05, 3.63) is 36.5 Å². The number of hydrogen-bond acceptors (Lipinski definition) is 0. The summed E-state index contributed by atoms with van der Waals surface area (Å²) in [4.78, 5) is 0. The standard InChI is InChI=1S/C14H22/c1-7-12-9-14(5,6)13(10(2)3)8-11(12)4/h7-8,11-12H,1-2,9H2,3-6H3. The van der Waals surface area contributed by atoms with E-state index in [1.54, 1.807) is 0 Å². The van der Waals surface area contributed by atoms with Crippen LogP contribution in [0.25, 0.3) is 0 Å². The SMILES string of the molecule is C=CC1CC(C)(C)C(C(=C)C)=CC1C. The van der Waals surface area contributed by atoms with Gasteiger partial charge in [-0.1, -0.05) is 45.1 Å². The monoisotopic (exact) mass is 190 g/mol. The topological polar surface area (TPSA) is 0 Å². The molecule has 0 saturated carbocycles. The van der Waals surface area contributed by atoms with Gasteiger partial charge in [0.2, 0.25) is 0 Å². The highest BCUT2D eigenvalue weighted by Crippen LogP contribution is 2.44. The maximum atomic E-state index is 4.07. The van der Waals surface area contributed by atoms with Gasteiger partial charge in [0.25, 0.3) is 0 Å². The molecule has 78 valence electrons. The van der Waals surface area contributed by atoms with E-state index in [-0.39, 0.29) is 5.41 Å². The minimum absolute atomic E-state index is 0.261.